The lowest BCUT2D eigenvalue weighted by Gasteiger charge is -2.28. The number of amides is 2. The summed E-state index contributed by atoms with van der Waals surface area (Å²) in [5.41, 5.74) is 0.511. The minimum absolute atomic E-state index is 0.196. The van der Waals surface area contributed by atoms with Crippen LogP contribution in [0.2, 0.25) is 0 Å². The predicted molar refractivity (Wildman–Crippen MR) is 100.0 cm³/mol. The molecule has 0 aliphatic carbocycles. The van der Waals surface area contributed by atoms with Crippen molar-refractivity contribution in [3.8, 4) is 0 Å². The third kappa shape index (κ3) is 5.32. The van der Waals surface area contributed by atoms with Crippen LogP contribution in [0.4, 0.5) is 18.9 Å². The molecule has 2 aromatic rings. The van der Waals surface area contributed by atoms with Crippen LogP contribution in [0, 0.1) is 17.5 Å². The molecule has 5 nitrogen and oxygen atoms in total. The molecule has 28 heavy (non-hydrogen) atoms. The van der Waals surface area contributed by atoms with Crippen LogP contribution in [0.15, 0.2) is 42.5 Å². The molecule has 0 radical (unpaired) electrons. The van der Waals surface area contributed by atoms with Gasteiger partial charge >= 0.3 is 0 Å². The highest BCUT2D eigenvalue weighted by atomic mass is 19.2. The SMILES string of the molecule is CC(C(=O)N(C)Cc1ccccc1)N(C)CC(=O)Nc1ccc(F)c(F)c1F. The van der Waals surface area contributed by atoms with Crippen LogP contribution in [-0.2, 0) is 16.1 Å². The monoisotopic (exact) mass is 393 g/mol. The molecule has 1 unspecified atom stereocenters. The largest absolute Gasteiger partial charge is 0.340 e. The number of halogens is 3. The molecule has 0 bridgehead atoms. The molecule has 0 spiro atoms. The quantitative estimate of drug-likeness (QED) is 0.736. The zero-order valence-corrected chi connectivity index (χ0v) is 15.9. The maximum Gasteiger partial charge on any atom is 0.239 e. The van der Waals surface area contributed by atoms with Crippen molar-refractivity contribution in [1.29, 1.82) is 0 Å². The van der Waals surface area contributed by atoms with Gasteiger partial charge in [-0.2, -0.15) is 0 Å². The highest BCUT2D eigenvalue weighted by Gasteiger charge is 2.24. The summed E-state index contributed by atoms with van der Waals surface area (Å²) in [6.45, 7) is 1.84. The smallest absolute Gasteiger partial charge is 0.239 e. The lowest BCUT2D eigenvalue weighted by atomic mass is 10.2. The zero-order valence-electron chi connectivity index (χ0n) is 15.9. The molecule has 2 rings (SSSR count). The Balaban J connectivity index is 1.93. The van der Waals surface area contributed by atoms with Crippen LogP contribution in [0.25, 0.3) is 0 Å². The fraction of sp³-hybridized carbons (Fsp3) is 0.300. The van der Waals surface area contributed by atoms with Gasteiger partial charge in [0.15, 0.2) is 17.5 Å². The highest BCUT2D eigenvalue weighted by molar-refractivity contribution is 5.93. The number of carbonyl (C=O) groups is 2. The molecule has 2 aromatic carbocycles. The Bertz CT molecular complexity index is 846. The average Bonchev–Trinajstić information content (AvgIpc) is 2.68. The Labute approximate surface area is 161 Å². The topological polar surface area (TPSA) is 52.7 Å². The minimum Gasteiger partial charge on any atom is -0.340 e. The second-order valence-electron chi connectivity index (χ2n) is 6.54. The second kappa shape index (κ2) is 9.36. The number of hydrogen-bond donors (Lipinski definition) is 1. The number of carbonyl (C=O) groups excluding carboxylic acids is 2. The lowest BCUT2D eigenvalue weighted by molar-refractivity contribution is -0.135. The first-order valence-electron chi connectivity index (χ1n) is 8.63. The van der Waals surface area contributed by atoms with Crippen LogP contribution >= 0.6 is 0 Å². The van der Waals surface area contributed by atoms with Crippen molar-refractivity contribution < 1.29 is 22.8 Å². The van der Waals surface area contributed by atoms with E-state index in [2.05, 4.69) is 5.32 Å². The summed E-state index contributed by atoms with van der Waals surface area (Å²) < 4.78 is 39.9. The molecule has 1 N–H and O–H groups in total. The van der Waals surface area contributed by atoms with Gasteiger partial charge in [0.25, 0.3) is 0 Å². The number of likely N-dealkylation sites (N-methyl/N-ethyl adjacent to an activating group) is 2. The maximum absolute atomic E-state index is 13.7. The van der Waals surface area contributed by atoms with Gasteiger partial charge in [-0.25, -0.2) is 13.2 Å². The number of rotatable bonds is 7. The van der Waals surface area contributed by atoms with Crippen molar-refractivity contribution in [3.05, 3.63) is 65.5 Å². The van der Waals surface area contributed by atoms with E-state index in [1.54, 1.807) is 25.9 Å². The van der Waals surface area contributed by atoms with Crippen LogP contribution in [0.3, 0.4) is 0 Å². The van der Waals surface area contributed by atoms with Crippen molar-refractivity contribution in [2.24, 2.45) is 0 Å². The van der Waals surface area contributed by atoms with E-state index in [-0.39, 0.29) is 12.5 Å². The lowest BCUT2D eigenvalue weighted by Crippen LogP contribution is -2.46. The van der Waals surface area contributed by atoms with Crippen LogP contribution in [0.5, 0.6) is 0 Å². The molecular formula is C20H22F3N3O2. The number of anilines is 1. The summed E-state index contributed by atoms with van der Waals surface area (Å²) in [4.78, 5) is 27.7. The van der Waals surface area contributed by atoms with Crippen molar-refractivity contribution in [2.75, 3.05) is 26.0 Å². The average molecular weight is 393 g/mol. The van der Waals surface area contributed by atoms with Gasteiger partial charge in [-0.3, -0.25) is 14.5 Å². The van der Waals surface area contributed by atoms with Crippen LogP contribution in [-0.4, -0.2) is 48.3 Å². The summed E-state index contributed by atoms with van der Waals surface area (Å²) in [6, 6.07) is 10.5. The van der Waals surface area contributed by atoms with E-state index in [0.717, 1.165) is 17.7 Å². The molecule has 0 saturated carbocycles. The molecule has 0 saturated heterocycles. The van der Waals surface area contributed by atoms with Gasteiger partial charge in [0.2, 0.25) is 11.8 Å². The van der Waals surface area contributed by atoms with Gasteiger partial charge in [0.05, 0.1) is 18.3 Å². The molecule has 0 heterocycles. The van der Waals surface area contributed by atoms with E-state index in [9.17, 15) is 22.8 Å². The van der Waals surface area contributed by atoms with E-state index in [0.29, 0.717) is 6.54 Å². The predicted octanol–water partition coefficient (Wildman–Crippen LogP) is 3.02. The van der Waals surface area contributed by atoms with Crippen LogP contribution in [0.1, 0.15) is 12.5 Å². The molecule has 0 aliphatic rings. The molecule has 0 fully saturated rings. The zero-order chi connectivity index (χ0) is 20.8. The van der Waals surface area contributed by atoms with Crippen LogP contribution < -0.4 is 5.32 Å². The molecular weight excluding hydrogens is 371 g/mol. The Hall–Kier alpha value is -2.87. The first-order chi connectivity index (χ1) is 13.2. The Morgan fingerprint density at radius 3 is 2.29 bits per heavy atom. The van der Waals surface area contributed by atoms with E-state index in [1.165, 1.54) is 4.90 Å². The van der Waals surface area contributed by atoms with E-state index >= 15 is 0 Å². The molecule has 0 aromatic heterocycles. The number of nitrogens with zero attached hydrogens (tertiary/aromatic N) is 2. The number of benzene rings is 2. The fourth-order valence-electron chi connectivity index (χ4n) is 2.62. The normalized spacial score (nSPS) is 12.0. The molecule has 0 aliphatic heterocycles. The van der Waals surface area contributed by atoms with Gasteiger partial charge < -0.3 is 10.2 Å². The first-order valence-corrected chi connectivity index (χ1v) is 8.63. The number of nitrogens with one attached hydrogen (secondary N) is 1. The summed E-state index contributed by atoms with van der Waals surface area (Å²) in [5, 5.41) is 2.18. The summed E-state index contributed by atoms with van der Waals surface area (Å²) >= 11 is 0. The minimum atomic E-state index is -1.66. The van der Waals surface area contributed by atoms with E-state index in [4.69, 9.17) is 0 Å². The van der Waals surface area contributed by atoms with Crippen molar-refractivity contribution in [3.63, 3.8) is 0 Å². The Kier molecular flexibility index (Phi) is 7.17. The summed E-state index contributed by atoms with van der Waals surface area (Å²) in [6.07, 6.45) is 0. The van der Waals surface area contributed by atoms with E-state index < -0.39 is 35.1 Å². The Morgan fingerprint density at radius 2 is 1.64 bits per heavy atom. The molecule has 150 valence electrons. The summed E-state index contributed by atoms with van der Waals surface area (Å²) in [5.74, 6) is -5.32. The molecule has 2 amide bonds. The molecule has 8 heteroatoms. The third-order valence-corrected chi connectivity index (χ3v) is 4.36. The van der Waals surface area contributed by atoms with Crippen molar-refractivity contribution in [1.82, 2.24) is 9.80 Å². The fourth-order valence-corrected chi connectivity index (χ4v) is 2.62. The van der Waals surface area contributed by atoms with Gasteiger partial charge in [0, 0.05) is 13.6 Å². The number of hydrogen-bond acceptors (Lipinski definition) is 3. The molecule has 1 atom stereocenters. The second-order valence-corrected chi connectivity index (χ2v) is 6.54. The van der Waals surface area contributed by atoms with Crippen molar-refractivity contribution in [2.45, 2.75) is 19.5 Å². The van der Waals surface area contributed by atoms with E-state index in [1.807, 2.05) is 30.3 Å². The van der Waals surface area contributed by atoms with Crippen molar-refractivity contribution >= 4 is 17.5 Å². The highest BCUT2D eigenvalue weighted by Crippen LogP contribution is 2.19. The van der Waals surface area contributed by atoms with Gasteiger partial charge in [0.1, 0.15) is 0 Å². The third-order valence-electron chi connectivity index (χ3n) is 4.36. The maximum atomic E-state index is 13.7. The first kappa shape index (κ1) is 21.4. The standard InChI is InChI=1S/C20H22F3N3O2/c1-13(20(28)26(3)11-14-7-5-4-6-8-14)25(2)12-17(27)24-16-10-9-15(21)18(22)19(16)23/h4-10,13H,11-12H2,1-3H3,(H,24,27). The summed E-state index contributed by atoms with van der Waals surface area (Å²) in [7, 11) is 3.23. The van der Waals surface area contributed by atoms with Gasteiger partial charge in [-0.1, -0.05) is 30.3 Å². The van der Waals surface area contributed by atoms with Gasteiger partial charge in [-0.15, -0.1) is 0 Å². The van der Waals surface area contributed by atoms with Gasteiger partial charge in [-0.05, 0) is 31.7 Å². The Morgan fingerprint density at radius 1 is 1.00 bits per heavy atom.